The van der Waals surface area contributed by atoms with E-state index in [1.165, 1.54) is 24.4 Å². The van der Waals surface area contributed by atoms with Crippen LogP contribution < -0.4 is 5.32 Å². The van der Waals surface area contributed by atoms with Crippen LogP contribution >= 0.6 is 27.5 Å². The molecule has 0 aliphatic heterocycles. The minimum Gasteiger partial charge on any atom is -0.324 e. The molecule has 1 aromatic heterocycles. The quantitative estimate of drug-likeness (QED) is 0.828. The van der Waals surface area contributed by atoms with Crippen molar-refractivity contribution in [2.45, 2.75) is 5.03 Å². The topological polar surface area (TPSA) is 72.0 Å². The van der Waals surface area contributed by atoms with Gasteiger partial charge in [-0.05, 0) is 34.1 Å². The van der Waals surface area contributed by atoms with Gasteiger partial charge in [-0.1, -0.05) is 11.6 Å². The van der Waals surface area contributed by atoms with E-state index in [0.29, 0.717) is 5.69 Å². The van der Waals surface area contributed by atoms with Crippen molar-refractivity contribution in [3.63, 3.8) is 0 Å². The second kappa shape index (κ2) is 5.63. The van der Waals surface area contributed by atoms with Crippen LogP contribution in [0.2, 0.25) is 5.02 Å². The highest BCUT2D eigenvalue weighted by Gasteiger charge is 2.15. The van der Waals surface area contributed by atoms with Crippen molar-refractivity contribution in [1.82, 2.24) is 9.97 Å². The number of aromatic nitrogens is 2. The number of hydrogen-bond donors (Lipinski definition) is 1. The fourth-order valence-electron chi connectivity index (χ4n) is 1.37. The molecule has 0 aliphatic carbocycles. The fourth-order valence-corrected chi connectivity index (χ4v) is 3.29. The third kappa shape index (κ3) is 3.44. The van der Waals surface area contributed by atoms with Gasteiger partial charge in [0.15, 0.2) is 14.9 Å². The molecule has 0 saturated carbocycles. The first-order valence-electron chi connectivity index (χ1n) is 5.22. The molecule has 9 heteroatoms. The number of hydrogen-bond acceptors (Lipinski definition) is 5. The Balaban J connectivity index is 2.37. The summed E-state index contributed by atoms with van der Waals surface area (Å²) in [7, 11) is -3.49. The van der Waals surface area contributed by atoms with Crippen molar-refractivity contribution in [2.24, 2.45) is 0 Å². The number of halogens is 3. The van der Waals surface area contributed by atoms with E-state index in [1.807, 2.05) is 0 Å². The number of benzene rings is 1. The molecule has 5 nitrogen and oxygen atoms in total. The summed E-state index contributed by atoms with van der Waals surface area (Å²) in [6.07, 6.45) is 2.36. The molecule has 0 aliphatic rings. The molecule has 0 atom stereocenters. The molecule has 1 heterocycles. The smallest absolute Gasteiger partial charge is 0.228 e. The van der Waals surface area contributed by atoms with E-state index >= 15 is 0 Å². The zero-order valence-corrected chi connectivity index (χ0v) is 13.2. The Hall–Kier alpha value is -1.25. The standard InChI is InChI=1S/C11H8BrClFN3O2S/c1-20(18,19)10-7(12)5-15-11(17-10)16-6-2-3-9(14)8(13)4-6/h2-5H,1H3,(H,15,16,17). The molecule has 20 heavy (non-hydrogen) atoms. The first-order chi connectivity index (χ1) is 9.27. The van der Waals surface area contributed by atoms with E-state index in [1.54, 1.807) is 0 Å². The lowest BCUT2D eigenvalue weighted by Crippen LogP contribution is -2.06. The predicted molar refractivity (Wildman–Crippen MR) is 77.5 cm³/mol. The van der Waals surface area contributed by atoms with Crippen LogP contribution in [0.5, 0.6) is 0 Å². The third-order valence-electron chi connectivity index (χ3n) is 2.24. The molecule has 0 saturated heterocycles. The first-order valence-corrected chi connectivity index (χ1v) is 8.28. The summed E-state index contributed by atoms with van der Waals surface area (Å²) in [5, 5.41) is 2.56. The van der Waals surface area contributed by atoms with Gasteiger partial charge in [-0.15, -0.1) is 0 Å². The Bertz CT molecular complexity index is 770. The van der Waals surface area contributed by atoms with Gasteiger partial charge in [0.05, 0.1) is 9.50 Å². The molecule has 0 bridgehead atoms. The van der Waals surface area contributed by atoms with Crippen molar-refractivity contribution in [1.29, 1.82) is 0 Å². The molecule has 0 spiro atoms. The van der Waals surface area contributed by atoms with Crippen LogP contribution in [0.4, 0.5) is 16.0 Å². The molecule has 1 N–H and O–H groups in total. The highest BCUT2D eigenvalue weighted by molar-refractivity contribution is 9.10. The SMILES string of the molecule is CS(=O)(=O)c1nc(Nc2ccc(F)c(Cl)c2)ncc1Br. The normalized spacial score (nSPS) is 11.4. The second-order valence-corrected chi connectivity index (χ2v) is 7.07. The van der Waals surface area contributed by atoms with Crippen LogP contribution in [0, 0.1) is 5.82 Å². The molecular weight excluding hydrogens is 373 g/mol. The summed E-state index contributed by atoms with van der Waals surface area (Å²) in [5.41, 5.74) is 0.443. The lowest BCUT2D eigenvalue weighted by atomic mass is 10.3. The van der Waals surface area contributed by atoms with Gasteiger partial charge in [-0.3, -0.25) is 0 Å². The highest BCUT2D eigenvalue weighted by Crippen LogP contribution is 2.24. The Morgan fingerprint density at radius 1 is 1.40 bits per heavy atom. The number of rotatable bonds is 3. The van der Waals surface area contributed by atoms with Crippen LogP contribution in [-0.2, 0) is 9.84 Å². The summed E-state index contributed by atoms with van der Waals surface area (Å²) in [6, 6.07) is 3.97. The third-order valence-corrected chi connectivity index (χ3v) is 4.38. The minimum absolute atomic E-state index is 0.0598. The van der Waals surface area contributed by atoms with Gasteiger partial charge in [0.2, 0.25) is 5.95 Å². The Morgan fingerprint density at radius 2 is 2.10 bits per heavy atom. The van der Waals surface area contributed by atoms with E-state index in [-0.39, 0.29) is 20.5 Å². The molecule has 2 aromatic rings. The molecule has 106 valence electrons. The zero-order valence-electron chi connectivity index (χ0n) is 10.1. The van der Waals surface area contributed by atoms with E-state index in [9.17, 15) is 12.8 Å². The van der Waals surface area contributed by atoms with Crippen molar-refractivity contribution in [3.8, 4) is 0 Å². The molecule has 0 radical (unpaired) electrons. The van der Waals surface area contributed by atoms with Crippen LogP contribution in [0.15, 0.2) is 33.9 Å². The summed E-state index contributed by atoms with van der Waals surface area (Å²) in [5.74, 6) is -0.484. The molecule has 0 amide bonds. The maximum Gasteiger partial charge on any atom is 0.228 e. The average molecular weight is 381 g/mol. The van der Waals surface area contributed by atoms with Crippen LogP contribution in [0.3, 0.4) is 0 Å². The minimum atomic E-state index is -3.49. The molecular formula is C11H8BrClFN3O2S. The van der Waals surface area contributed by atoms with Crippen molar-refractivity contribution >= 4 is 49.0 Å². The second-order valence-electron chi connectivity index (χ2n) is 3.87. The molecule has 2 rings (SSSR count). The van der Waals surface area contributed by atoms with Crippen molar-refractivity contribution < 1.29 is 12.8 Å². The van der Waals surface area contributed by atoms with Crippen LogP contribution in [0.25, 0.3) is 0 Å². The largest absolute Gasteiger partial charge is 0.324 e. The maximum atomic E-state index is 13.0. The van der Waals surface area contributed by atoms with Gasteiger partial charge in [0, 0.05) is 18.1 Å². The lowest BCUT2D eigenvalue weighted by molar-refractivity contribution is 0.597. The van der Waals surface area contributed by atoms with E-state index in [2.05, 4.69) is 31.2 Å². The molecule has 1 aromatic carbocycles. The monoisotopic (exact) mass is 379 g/mol. The number of sulfone groups is 1. The maximum absolute atomic E-state index is 13.0. The number of anilines is 2. The van der Waals surface area contributed by atoms with E-state index < -0.39 is 15.7 Å². The van der Waals surface area contributed by atoms with Gasteiger partial charge in [0.1, 0.15) is 5.82 Å². The van der Waals surface area contributed by atoms with E-state index in [4.69, 9.17) is 11.6 Å². The van der Waals surface area contributed by atoms with Gasteiger partial charge < -0.3 is 5.32 Å². The number of nitrogens with one attached hydrogen (secondary N) is 1. The summed E-state index contributed by atoms with van der Waals surface area (Å²) >= 11 is 8.72. The fraction of sp³-hybridized carbons (Fsp3) is 0.0909. The Morgan fingerprint density at radius 3 is 2.70 bits per heavy atom. The van der Waals surface area contributed by atoms with E-state index in [0.717, 1.165) is 6.26 Å². The zero-order chi connectivity index (χ0) is 14.9. The van der Waals surface area contributed by atoms with Crippen molar-refractivity contribution in [2.75, 3.05) is 11.6 Å². The van der Waals surface area contributed by atoms with Gasteiger partial charge in [-0.2, -0.15) is 4.98 Å². The van der Waals surface area contributed by atoms with Crippen molar-refractivity contribution in [3.05, 3.63) is 39.7 Å². The summed E-state index contributed by atoms with van der Waals surface area (Å²) in [4.78, 5) is 7.83. The van der Waals surface area contributed by atoms with Gasteiger partial charge in [0.25, 0.3) is 0 Å². The molecule has 0 fully saturated rings. The summed E-state index contributed by atoms with van der Waals surface area (Å²) in [6.45, 7) is 0. The van der Waals surface area contributed by atoms with Gasteiger partial charge in [-0.25, -0.2) is 17.8 Å². The highest BCUT2D eigenvalue weighted by atomic mass is 79.9. The average Bonchev–Trinajstić information content (AvgIpc) is 2.35. The summed E-state index contributed by atoms with van der Waals surface area (Å²) < 4.78 is 36.4. The lowest BCUT2D eigenvalue weighted by Gasteiger charge is -2.07. The van der Waals surface area contributed by atoms with Crippen LogP contribution in [0.1, 0.15) is 0 Å². The van der Waals surface area contributed by atoms with Crippen LogP contribution in [-0.4, -0.2) is 24.6 Å². The Labute approximate surface area is 128 Å². The van der Waals surface area contributed by atoms with Gasteiger partial charge >= 0.3 is 0 Å². The predicted octanol–water partition coefficient (Wildman–Crippen LogP) is 3.18. The first kappa shape index (κ1) is 15.1. The Kier molecular flexibility index (Phi) is 4.26. The number of nitrogens with zero attached hydrogens (tertiary/aromatic N) is 2. The molecule has 0 unspecified atom stereocenters.